The number of hydrogen-bond donors (Lipinski definition) is 1. The first-order valence-electron chi connectivity index (χ1n) is 5.64. The van der Waals surface area contributed by atoms with Gasteiger partial charge in [0.2, 0.25) is 0 Å². The minimum absolute atomic E-state index is 0.339. The van der Waals surface area contributed by atoms with Gasteiger partial charge in [0.1, 0.15) is 0 Å². The standard InChI is InChI=1S/C13H19NOS/c1-3-5-11(2)15-9-13-8-12(10-16-13)6-4-7-14/h8,10-11H,3,5,7,9,14H2,1-2H3. The van der Waals surface area contributed by atoms with Gasteiger partial charge in [0.05, 0.1) is 19.3 Å². The Balaban J connectivity index is 2.40. The number of hydrogen-bond acceptors (Lipinski definition) is 3. The molecule has 0 fully saturated rings. The van der Waals surface area contributed by atoms with Crippen molar-refractivity contribution in [1.29, 1.82) is 0 Å². The van der Waals surface area contributed by atoms with Crippen molar-refractivity contribution >= 4 is 11.3 Å². The summed E-state index contributed by atoms with van der Waals surface area (Å²) < 4.78 is 5.72. The summed E-state index contributed by atoms with van der Waals surface area (Å²) in [7, 11) is 0. The van der Waals surface area contributed by atoms with Crippen LogP contribution in [0, 0.1) is 11.8 Å². The van der Waals surface area contributed by atoms with Gasteiger partial charge in [-0.1, -0.05) is 25.2 Å². The van der Waals surface area contributed by atoms with Crippen LogP contribution in [0.4, 0.5) is 0 Å². The first kappa shape index (κ1) is 13.2. The van der Waals surface area contributed by atoms with E-state index in [2.05, 4.69) is 31.8 Å². The summed E-state index contributed by atoms with van der Waals surface area (Å²) in [5.74, 6) is 5.86. The molecule has 1 unspecified atom stereocenters. The van der Waals surface area contributed by atoms with Crippen molar-refractivity contribution in [3.05, 3.63) is 21.9 Å². The van der Waals surface area contributed by atoms with Gasteiger partial charge in [-0.15, -0.1) is 11.3 Å². The van der Waals surface area contributed by atoms with Crippen molar-refractivity contribution in [3.8, 4) is 11.8 Å². The van der Waals surface area contributed by atoms with E-state index in [-0.39, 0.29) is 0 Å². The molecule has 0 amide bonds. The lowest BCUT2D eigenvalue weighted by Crippen LogP contribution is -2.06. The maximum Gasteiger partial charge on any atom is 0.0813 e. The summed E-state index contributed by atoms with van der Waals surface area (Å²) in [5, 5.41) is 2.05. The molecule has 16 heavy (non-hydrogen) atoms. The van der Waals surface area contributed by atoms with Crippen LogP contribution in [0.15, 0.2) is 11.4 Å². The van der Waals surface area contributed by atoms with Gasteiger partial charge in [-0.25, -0.2) is 0 Å². The molecule has 1 rings (SSSR count). The highest BCUT2D eigenvalue weighted by Crippen LogP contribution is 2.16. The van der Waals surface area contributed by atoms with E-state index in [4.69, 9.17) is 10.5 Å². The van der Waals surface area contributed by atoms with E-state index >= 15 is 0 Å². The van der Waals surface area contributed by atoms with Gasteiger partial charge in [-0.05, 0) is 19.4 Å². The molecule has 0 saturated carbocycles. The highest BCUT2D eigenvalue weighted by atomic mass is 32.1. The van der Waals surface area contributed by atoms with Crippen LogP contribution < -0.4 is 5.73 Å². The molecule has 0 aromatic carbocycles. The lowest BCUT2D eigenvalue weighted by Gasteiger charge is -2.10. The summed E-state index contributed by atoms with van der Waals surface area (Å²) >= 11 is 1.69. The molecule has 2 N–H and O–H groups in total. The Morgan fingerprint density at radius 1 is 1.56 bits per heavy atom. The predicted octanol–water partition coefficient (Wildman–Crippen LogP) is 2.76. The molecule has 1 aromatic rings. The highest BCUT2D eigenvalue weighted by molar-refractivity contribution is 7.10. The zero-order chi connectivity index (χ0) is 11.8. The first-order chi connectivity index (χ1) is 7.76. The van der Waals surface area contributed by atoms with Crippen LogP contribution in [0.3, 0.4) is 0 Å². The van der Waals surface area contributed by atoms with E-state index < -0.39 is 0 Å². The van der Waals surface area contributed by atoms with Crippen molar-refractivity contribution in [3.63, 3.8) is 0 Å². The molecule has 0 radical (unpaired) electrons. The smallest absolute Gasteiger partial charge is 0.0813 e. The molecular weight excluding hydrogens is 218 g/mol. The average molecular weight is 237 g/mol. The number of thiophene rings is 1. The second-order valence-corrected chi connectivity index (χ2v) is 4.71. The van der Waals surface area contributed by atoms with Crippen LogP contribution in [0.1, 0.15) is 37.1 Å². The molecule has 0 aliphatic heterocycles. The van der Waals surface area contributed by atoms with Gasteiger partial charge in [-0.2, -0.15) is 0 Å². The summed E-state index contributed by atoms with van der Waals surface area (Å²) in [6.07, 6.45) is 2.62. The van der Waals surface area contributed by atoms with E-state index in [9.17, 15) is 0 Å². The number of rotatable bonds is 5. The largest absolute Gasteiger partial charge is 0.373 e. The Bertz CT molecular complexity index is 361. The summed E-state index contributed by atoms with van der Waals surface area (Å²) in [5.41, 5.74) is 6.36. The maximum atomic E-state index is 5.72. The lowest BCUT2D eigenvalue weighted by atomic mass is 10.2. The Hall–Kier alpha value is -0.820. The second kappa shape index (κ2) is 7.45. The van der Waals surface area contributed by atoms with Crippen LogP contribution in [0.2, 0.25) is 0 Å². The molecule has 0 aliphatic rings. The maximum absolute atomic E-state index is 5.72. The first-order valence-corrected chi connectivity index (χ1v) is 6.52. The van der Waals surface area contributed by atoms with E-state index in [1.165, 1.54) is 11.3 Å². The van der Waals surface area contributed by atoms with Gasteiger partial charge in [-0.3, -0.25) is 0 Å². The number of ether oxygens (including phenoxy) is 1. The third-order valence-electron chi connectivity index (χ3n) is 2.19. The molecule has 1 atom stereocenters. The van der Waals surface area contributed by atoms with Crippen LogP contribution in [0.25, 0.3) is 0 Å². The fourth-order valence-electron chi connectivity index (χ4n) is 1.39. The van der Waals surface area contributed by atoms with E-state index in [0.29, 0.717) is 19.3 Å². The molecule has 1 heterocycles. The molecule has 3 heteroatoms. The zero-order valence-electron chi connectivity index (χ0n) is 9.95. The minimum Gasteiger partial charge on any atom is -0.373 e. The van der Waals surface area contributed by atoms with Crippen LogP contribution in [-0.2, 0) is 11.3 Å². The average Bonchev–Trinajstić information content (AvgIpc) is 2.72. The van der Waals surface area contributed by atoms with Crippen molar-refractivity contribution in [1.82, 2.24) is 0 Å². The summed E-state index contributed by atoms with van der Waals surface area (Å²) in [6.45, 7) is 5.39. The molecule has 0 spiro atoms. The van der Waals surface area contributed by atoms with Crippen molar-refractivity contribution in [2.75, 3.05) is 6.54 Å². The number of nitrogens with two attached hydrogens (primary N) is 1. The topological polar surface area (TPSA) is 35.2 Å². The van der Waals surface area contributed by atoms with Crippen LogP contribution >= 0.6 is 11.3 Å². The molecule has 88 valence electrons. The predicted molar refractivity (Wildman–Crippen MR) is 69.4 cm³/mol. The van der Waals surface area contributed by atoms with Gasteiger partial charge >= 0.3 is 0 Å². The lowest BCUT2D eigenvalue weighted by molar-refractivity contribution is 0.0488. The van der Waals surface area contributed by atoms with E-state index in [1.54, 1.807) is 11.3 Å². The van der Waals surface area contributed by atoms with Crippen molar-refractivity contribution < 1.29 is 4.74 Å². The van der Waals surface area contributed by atoms with Crippen LogP contribution in [0.5, 0.6) is 0 Å². The second-order valence-electron chi connectivity index (χ2n) is 3.72. The SMILES string of the molecule is CCCC(C)OCc1cc(C#CCN)cs1. The van der Waals surface area contributed by atoms with Crippen molar-refractivity contribution in [2.24, 2.45) is 5.73 Å². The molecule has 2 nitrogen and oxygen atoms in total. The zero-order valence-corrected chi connectivity index (χ0v) is 10.8. The monoisotopic (exact) mass is 237 g/mol. The van der Waals surface area contributed by atoms with Crippen LogP contribution in [-0.4, -0.2) is 12.6 Å². The van der Waals surface area contributed by atoms with E-state index in [0.717, 1.165) is 12.0 Å². The molecule has 0 bridgehead atoms. The van der Waals surface area contributed by atoms with Gasteiger partial charge in [0.15, 0.2) is 0 Å². The normalized spacial score (nSPS) is 11.9. The Morgan fingerprint density at radius 2 is 2.38 bits per heavy atom. The molecular formula is C13H19NOS. The molecule has 0 aliphatic carbocycles. The Kier molecular flexibility index (Phi) is 6.17. The quantitative estimate of drug-likeness (QED) is 0.799. The fraction of sp³-hybridized carbons (Fsp3) is 0.538. The summed E-state index contributed by atoms with van der Waals surface area (Å²) in [6, 6.07) is 2.08. The van der Waals surface area contributed by atoms with Crippen molar-refractivity contribution in [2.45, 2.75) is 39.4 Å². The highest BCUT2D eigenvalue weighted by Gasteiger charge is 2.03. The van der Waals surface area contributed by atoms with E-state index in [1.807, 2.05) is 5.38 Å². The third-order valence-corrected chi connectivity index (χ3v) is 3.10. The Labute approximate surface area is 102 Å². The minimum atomic E-state index is 0.339. The van der Waals surface area contributed by atoms with Gasteiger partial charge in [0.25, 0.3) is 0 Å². The molecule has 0 saturated heterocycles. The summed E-state index contributed by atoms with van der Waals surface area (Å²) in [4.78, 5) is 1.23. The van der Waals surface area contributed by atoms with Gasteiger partial charge < -0.3 is 10.5 Å². The Morgan fingerprint density at radius 3 is 3.06 bits per heavy atom. The van der Waals surface area contributed by atoms with Gasteiger partial charge in [0, 0.05) is 15.8 Å². The molecule has 1 aromatic heterocycles. The fourth-order valence-corrected chi connectivity index (χ4v) is 2.13. The third kappa shape index (κ3) is 4.80.